The van der Waals surface area contributed by atoms with Gasteiger partial charge in [-0.25, -0.2) is 19.1 Å². The first-order chi connectivity index (χ1) is 26.6. The molecule has 0 N–H and O–H groups in total. The third-order valence-electron chi connectivity index (χ3n) is 13.1. The second-order valence-electron chi connectivity index (χ2n) is 15.9. The Labute approximate surface area is 316 Å². The minimum absolute atomic E-state index is 0.233. The normalized spacial score (nSPS) is 21.8. The maximum absolute atomic E-state index is 5.56. The monoisotopic (exact) mass is 718 g/mol. The largest absolute Gasteiger partial charge is 0.497 e. The average Bonchev–Trinajstić information content (AvgIpc) is 3.80. The van der Waals surface area contributed by atoms with E-state index < -0.39 is 0 Å². The van der Waals surface area contributed by atoms with Crippen LogP contribution in [0.1, 0.15) is 31.2 Å². The third-order valence-corrected chi connectivity index (χ3v) is 13.1. The van der Waals surface area contributed by atoms with Crippen molar-refractivity contribution in [3.05, 3.63) is 121 Å². The Morgan fingerprint density at radius 2 is 1.41 bits per heavy atom. The highest BCUT2D eigenvalue weighted by Gasteiger charge is 2.33. The SMILES string of the molecule is COc1ccc2c(c1)=C1C(=CC=C3C=C[N+](CCN4CCC(C5CCN(CC[N+]6=CCc7ccc8c(c7=C6)=c6cc(OC)ccc6=N8)CC5)CC4)=CC31)N=2. The zero-order chi connectivity index (χ0) is 36.2. The molecule has 0 amide bonds. The van der Waals surface area contributed by atoms with E-state index in [-0.39, 0.29) is 5.92 Å². The molecular weight excluding hydrogens is 669 g/mol. The fraction of sp³-hybridized carbons (Fsp3) is 0.391. The number of likely N-dealkylation sites (tertiary alicyclic amines) is 2. The van der Waals surface area contributed by atoms with Gasteiger partial charge in [-0.15, -0.1) is 0 Å². The predicted molar refractivity (Wildman–Crippen MR) is 212 cm³/mol. The summed E-state index contributed by atoms with van der Waals surface area (Å²) in [4.78, 5) is 15.3. The molecule has 2 fully saturated rings. The summed E-state index contributed by atoms with van der Waals surface area (Å²) in [5.41, 5.74) is 6.18. The van der Waals surface area contributed by atoms with E-state index in [0.717, 1.165) is 78.0 Å². The maximum atomic E-state index is 5.56. The minimum Gasteiger partial charge on any atom is -0.497 e. The number of hydrogen-bond donors (Lipinski definition) is 0. The molecular formula is C46H50N6O2+2. The van der Waals surface area contributed by atoms with Gasteiger partial charge in [-0.2, -0.15) is 0 Å². The van der Waals surface area contributed by atoms with Crippen LogP contribution >= 0.6 is 0 Å². The number of hydrogen-bond acceptors (Lipinski definition) is 6. The van der Waals surface area contributed by atoms with Gasteiger partial charge < -0.3 is 9.47 Å². The quantitative estimate of drug-likeness (QED) is 0.249. The second kappa shape index (κ2) is 14.1. The van der Waals surface area contributed by atoms with Gasteiger partial charge in [-0.1, -0.05) is 12.1 Å². The zero-order valence-corrected chi connectivity index (χ0v) is 31.6. The van der Waals surface area contributed by atoms with E-state index in [1.165, 1.54) is 89.4 Å². The van der Waals surface area contributed by atoms with Crippen LogP contribution in [0, 0.1) is 28.2 Å². The lowest BCUT2D eigenvalue weighted by molar-refractivity contribution is -0.455. The van der Waals surface area contributed by atoms with Crippen LogP contribution in [0.3, 0.4) is 0 Å². The van der Waals surface area contributed by atoms with Gasteiger partial charge >= 0.3 is 0 Å². The number of nitrogens with zero attached hydrogens (tertiary/aromatic N) is 6. The highest BCUT2D eigenvalue weighted by Crippen LogP contribution is 2.35. The predicted octanol–water partition coefficient (Wildman–Crippen LogP) is 3.59. The molecule has 1 atom stereocenters. The summed E-state index contributed by atoms with van der Waals surface area (Å²) in [7, 11) is 3.47. The van der Waals surface area contributed by atoms with Crippen molar-refractivity contribution < 1.29 is 18.6 Å². The first-order valence-electron chi connectivity index (χ1n) is 20.0. The Morgan fingerprint density at radius 3 is 2.11 bits per heavy atom. The molecule has 2 saturated heterocycles. The Kier molecular flexibility index (Phi) is 8.75. The van der Waals surface area contributed by atoms with Crippen molar-refractivity contribution in [1.29, 1.82) is 0 Å². The van der Waals surface area contributed by atoms with Crippen LogP contribution in [-0.4, -0.2) is 98.0 Å². The summed E-state index contributed by atoms with van der Waals surface area (Å²) in [6.07, 6.45) is 22.4. The minimum atomic E-state index is 0.233. The molecule has 8 heteroatoms. The van der Waals surface area contributed by atoms with E-state index in [0.29, 0.717) is 0 Å². The first-order valence-corrected chi connectivity index (χ1v) is 20.0. The molecule has 8 nitrogen and oxygen atoms in total. The molecule has 7 aliphatic rings. The van der Waals surface area contributed by atoms with Crippen molar-refractivity contribution >= 4 is 29.9 Å². The van der Waals surface area contributed by atoms with E-state index in [2.05, 4.69) is 98.4 Å². The van der Waals surface area contributed by atoms with Gasteiger partial charge in [-0.3, -0.25) is 9.80 Å². The Morgan fingerprint density at radius 1 is 0.741 bits per heavy atom. The van der Waals surface area contributed by atoms with Crippen molar-refractivity contribution in [3.8, 4) is 11.5 Å². The zero-order valence-electron chi connectivity index (χ0n) is 31.6. The summed E-state index contributed by atoms with van der Waals surface area (Å²) in [6.45, 7) is 9.19. The van der Waals surface area contributed by atoms with Crippen molar-refractivity contribution in [3.63, 3.8) is 0 Å². The molecule has 0 aromatic heterocycles. The van der Waals surface area contributed by atoms with E-state index in [9.17, 15) is 0 Å². The fourth-order valence-electron chi connectivity index (χ4n) is 9.90. The highest BCUT2D eigenvalue weighted by molar-refractivity contribution is 5.88. The molecule has 3 aromatic carbocycles. The fourth-order valence-corrected chi connectivity index (χ4v) is 9.90. The average molecular weight is 719 g/mol. The summed E-state index contributed by atoms with van der Waals surface area (Å²) < 4.78 is 16.0. The Hall–Kier alpha value is -4.92. The van der Waals surface area contributed by atoms with Gasteiger partial charge in [0.1, 0.15) is 17.7 Å². The molecule has 0 bridgehead atoms. The molecule has 0 saturated carbocycles. The summed E-state index contributed by atoms with van der Waals surface area (Å²) in [6, 6.07) is 16.9. The van der Waals surface area contributed by atoms with Crippen molar-refractivity contribution in [2.24, 2.45) is 27.7 Å². The summed E-state index contributed by atoms with van der Waals surface area (Å²) >= 11 is 0. The summed E-state index contributed by atoms with van der Waals surface area (Å²) in [5.74, 6) is 3.75. The molecule has 6 aliphatic heterocycles. The van der Waals surface area contributed by atoms with Crippen LogP contribution in [0.5, 0.6) is 11.5 Å². The van der Waals surface area contributed by atoms with Crippen LogP contribution in [0.4, 0.5) is 5.69 Å². The van der Waals surface area contributed by atoms with Gasteiger partial charge in [0.15, 0.2) is 31.7 Å². The number of ether oxygens (including phenoxy) is 2. The molecule has 6 heterocycles. The van der Waals surface area contributed by atoms with E-state index in [4.69, 9.17) is 19.5 Å². The van der Waals surface area contributed by atoms with Crippen LogP contribution in [0.2, 0.25) is 0 Å². The van der Waals surface area contributed by atoms with Crippen LogP contribution in [0.15, 0.2) is 94.2 Å². The van der Waals surface area contributed by atoms with Gasteiger partial charge in [0.05, 0.1) is 67.0 Å². The van der Waals surface area contributed by atoms with Gasteiger partial charge in [0, 0.05) is 27.3 Å². The van der Waals surface area contributed by atoms with Gasteiger partial charge in [0.2, 0.25) is 0 Å². The molecule has 54 heavy (non-hydrogen) atoms. The van der Waals surface area contributed by atoms with E-state index >= 15 is 0 Å². The third kappa shape index (κ3) is 6.19. The molecule has 1 unspecified atom stereocenters. The van der Waals surface area contributed by atoms with Crippen LogP contribution < -0.4 is 30.6 Å². The Balaban J connectivity index is 0.714. The lowest BCUT2D eigenvalue weighted by atomic mass is 9.79. The number of benzene rings is 3. The molecule has 0 spiro atoms. The lowest BCUT2D eigenvalue weighted by Crippen LogP contribution is -2.43. The van der Waals surface area contributed by atoms with E-state index in [1.807, 2.05) is 12.1 Å². The van der Waals surface area contributed by atoms with Crippen molar-refractivity contribution in [2.75, 3.05) is 66.6 Å². The van der Waals surface area contributed by atoms with E-state index in [1.54, 1.807) is 14.2 Å². The topological polar surface area (TPSA) is 55.7 Å². The number of piperidine rings is 2. The smallest absolute Gasteiger partial charge is 0.176 e. The van der Waals surface area contributed by atoms with Gasteiger partial charge in [-0.05, 0) is 123 Å². The molecule has 10 rings (SSSR count). The van der Waals surface area contributed by atoms with Crippen molar-refractivity contribution in [1.82, 2.24) is 9.80 Å². The Bertz CT molecular complexity index is 2550. The number of rotatable bonds is 9. The first kappa shape index (κ1) is 33.6. The summed E-state index contributed by atoms with van der Waals surface area (Å²) in [5, 5.41) is 7.05. The number of fused-ring (bicyclic) bond motifs is 8. The lowest BCUT2D eigenvalue weighted by Gasteiger charge is -2.39. The second-order valence-corrected chi connectivity index (χ2v) is 15.9. The van der Waals surface area contributed by atoms with Crippen molar-refractivity contribution in [2.45, 2.75) is 32.1 Å². The van der Waals surface area contributed by atoms with Crippen LogP contribution in [-0.2, 0) is 6.42 Å². The molecule has 3 aromatic rings. The van der Waals surface area contributed by atoms with Crippen LogP contribution in [0.25, 0.3) is 11.8 Å². The number of allylic oxidation sites excluding steroid dienone is 5. The highest BCUT2D eigenvalue weighted by atomic mass is 16.5. The van der Waals surface area contributed by atoms with Gasteiger partial charge in [0.25, 0.3) is 0 Å². The molecule has 1 aliphatic carbocycles. The number of methoxy groups -OCH3 is 2. The molecule has 0 radical (unpaired) electrons. The molecule has 274 valence electrons. The standard InChI is InChI=1S/C46H50N6O2/c1-53-35-5-9-41-37(27-35)45-39-29-51(21-15-33(39)3-7-43(45)47-41)25-23-49-17-11-31(12-18-49)32-13-19-50(20-14-32)24-26-52-22-16-34-4-8-44-46(40(34)30-52)38-28-36(54-2)6-10-42(38)48-44/h3-10,15,21-22,27-32,39H,11-14,16-20,23-26H2,1-2H3/q+2. The maximum Gasteiger partial charge on any atom is 0.176 e.